The minimum absolute atomic E-state index is 0.185. The predicted molar refractivity (Wildman–Crippen MR) is 74.2 cm³/mol. The van der Waals surface area contributed by atoms with Crippen molar-refractivity contribution in [2.24, 2.45) is 0 Å². The number of hydrogen-bond donors (Lipinski definition) is 2. The summed E-state index contributed by atoms with van der Waals surface area (Å²) in [6, 6.07) is 11.6. The van der Waals surface area contributed by atoms with Crippen LogP contribution in [-0.4, -0.2) is 17.2 Å². The normalized spacial score (nSPS) is 12.1. The molecule has 2 rings (SSSR count). The van der Waals surface area contributed by atoms with Crippen molar-refractivity contribution in [2.75, 3.05) is 7.11 Å². The van der Waals surface area contributed by atoms with E-state index in [4.69, 9.17) is 4.74 Å². The van der Waals surface area contributed by atoms with E-state index >= 15 is 0 Å². The molecule has 1 aromatic carbocycles. The van der Waals surface area contributed by atoms with Crippen LogP contribution in [0.4, 0.5) is 0 Å². The van der Waals surface area contributed by atoms with Crippen molar-refractivity contribution in [2.45, 2.75) is 19.5 Å². The van der Waals surface area contributed by atoms with Gasteiger partial charge in [0.1, 0.15) is 11.5 Å². The fourth-order valence-corrected chi connectivity index (χ4v) is 1.81. The number of aromatic nitrogens is 1. The highest BCUT2D eigenvalue weighted by Crippen LogP contribution is 2.19. The molecule has 0 aliphatic heterocycles. The molecular weight excluding hydrogens is 240 g/mol. The lowest BCUT2D eigenvalue weighted by atomic mass is 10.1. The summed E-state index contributed by atoms with van der Waals surface area (Å²) in [5.41, 5.74) is 2.06. The lowest BCUT2D eigenvalue weighted by Gasteiger charge is -2.14. The molecule has 1 atom stereocenters. The first kappa shape index (κ1) is 13.4. The van der Waals surface area contributed by atoms with Crippen molar-refractivity contribution in [3.8, 4) is 11.5 Å². The highest BCUT2D eigenvalue weighted by Gasteiger charge is 2.06. The highest BCUT2D eigenvalue weighted by atomic mass is 16.5. The van der Waals surface area contributed by atoms with Gasteiger partial charge in [0, 0.05) is 12.6 Å². The van der Waals surface area contributed by atoms with E-state index in [-0.39, 0.29) is 11.8 Å². The number of nitrogens with one attached hydrogen (secondary N) is 1. The molecule has 19 heavy (non-hydrogen) atoms. The molecule has 2 aromatic rings. The van der Waals surface area contributed by atoms with E-state index in [0.717, 1.165) is 17.0 Å². The third kappa shape index (κ3) is 3.69. The second-order valence-electron chi connectivity index (χ2n) is 4.39. The van der Waals surface area contributed by atoms with E-state index in [1.165, 1.54) is 6.20 Å². The molecule has 0 amide bonds. The zero-order chi connectivity index (χ0) is 13.7. The van der Waals surface area contributed by atoms with Gasteiger partial charge in [-0.15, -0.1) is 0 Å². The molecular formula is C15H18N2O2. The third-order valence-corrected chi connectivity index (χ3v) is 2.99. The van der Waals surface area contributed by atoms with Gasteiger partial charge >= 0.3 is 0 Å². The second-order valence-corrected chi connectivity index (χ2v) is 4.39. The van der Waals surface area contributed by atoms with Crippen molar-refractivity contribution < 1.29 is 9.84 Å². The van der Waals surface area contributed by atoms with Crippen LogP contribution in [-0.2, 0) is 6.54 Å². The summed E-state index contributed by atoms with van der Waals surface area (Å²) in [4.78, 5) is 4.14. The predicted octanol–water partition coefficient (Wildman–Crippen LogP) is 2.65. The first-order valence-electron chi connectivity index (χ1n) is 6.20. The Hall–Kier alpha value is -2.07. The number of rotatable bonds is 5. The van der Waals surface area contributed by atoms with Gasteiger partial charge in [0.2, 0.25) is 0 Å². The monoisotopic (exact) mass is 258 g/mol. The number of methoxy groups -OCH3 is 1. The molecule has 1 heterocycles. The Labute approximate surface area is 113 Å². The first-order chi connectivity index (χ1) is 9.19. The summed E-state index contributed by atoms with van der Waals surface area (Å²) in [7, 11) is 1.66. The minimum atomic E-state index is 0.185. The molecule has 100 valence electrons. The van der Waals surface area contributed by atoms with Crippen LogP contribution < -0.4 is 10.1 Å². The van der Waals surface area contributed by atoms with Gasteiger partial charge in [-0.2, -0.15) is 0 Å². The average Bonchev–Trinajstić information content (AvgIpc) is 2.46. The number of benzene rings is 1. The SMILES string of the molecule is COc1cccc([C@H](C)NCc2ccc(O)cn2)c1. The molecule has 4 heteroatoms. The summed E-state index contributed by atoms with van der Waals surface area (Å²) in [6.45, 7) is 2.74. The molecule has 0 aliphatic carbocycles. The molecule has 0 fully saturated rings. The Balaban J connectivity index is 1.96. The second kappa shape index (κ2) is 6.20. The largest absolute Gasteiger partial charge is 0.506 e. The van der Waals surface area contributed by atoms with Gasteiger partial charge in [0.05, 0.1) is 19.0 Å². The molecule has 0 radical (unpaired) electrons. The quantitative estimate of drug-likeness (QED) is 0.865. The van der Waals surface area contributed by atoms with Crippen molar-refractivity contribution in [1.29, 1.82) is 0 Å². The maximum Gasteiger partial charge on any atom is 0.133 e. The Bertz CT molecular complexity index is 526. The summed E-state index contributed by atoms with van der Waals surface area (Å²) in [5.74, 6) is 1.04. The van der Waals surface area contributed by atoms with Gasteiger partial charge in [-0.3, -0.25) is 4.98 Å². The number of aromatic hydroxyl groups is 1. The van der Waals surface area contributed by atoms with E-state index < -0.39 is 0 Å². The van der Waals surface area contributed by atoms with Crippen LogP contribution in [0.1, 0.15) is 24.2 Å². The minimum Gasteiger partial charge on any atom is -0.506 e. The fraction of sp³-hybridized carbons (Fsp3) is 0.267. The molecule has 0 bridgehead atoms. The molecule has 0 saturated carbocycles. The van der Waals surface area contributed by atoms with Crippen molar-refractivity contribution >= 4 is 0 Å². The Morgan fingerprint density at radius 1 is 1.32 bits per heavy atom. The maximum atomic E-state index is 9.17. The van der Waals surface area contributed by atoms with E-state index in [2.05, 4.69) is 23.3 Å². The van der Waals surface area contributed by atoms with E-state index in [1.807, 2.05) is 18.2 Å². The summed E-state index contributed by atoms with van der Waals surface area (Å²) < 4.78 is 5.21. The van der Waals surface area contributed by atoms with E-state index in [0.29, 0.717) is 6.54 Å². The fourth-order valence-electron chi connectivity index (χ4n) is 1.81. The van der Waals surface area contributed by atoms with Crippen LogP contribution in [0.3, 0.4) is 0 Å². The van der Waals surface area contributed by atoms with Gasteiger partial charge in [0.15, 0.2) is 0 Å². The van der Waals surface area contributed by atoms with Gasteiger partial charge in [-0.25, -0.2) is 0 Å². The number of ether oxygens (including phenoxy) is 1. The number of nitrogens with zero attached hydrogens (tertiary/aromatic N) is 1. The summed E-state index contributed by atoms with van der Waals surface area (Å²) >= 11 is 0. The maximum absolute atomic E-state index is 9.17. The zero-order valence-electron chi connectivity index (χ0n) is 11.1. The van der Waals surface area contributed by atoms with Crippen LogP contribution in [0.25, 0.3) is 0 Å². The van der Waals surface area contributed by atoms with E-state index in [9.17, 15) is 5.11 Å². The van der Waals surface area contributed by atoms with Gasteiger partial charge in [-0.05, 0) is 36.8 Å². The Morgan fingerprint density at radius 3 is 2.84 bits per heavy atom. The summed E-state index contributed by atoms with van der Waals surface area (Å²) in [6.07, 6.45) is 1.45. The van der Waals surface area contributed by atoms with Crippen LogP contribution in [0, 0.1) is 0 Å². The van der Waals surface area contributed by atoms with Gasteiger partial charge in [-0.1, -0.05) is 12.1 Å². The molecule has 0 saturated heterocycles. The standard InChI is InChI=1S/C15H18N2O2/c1-11(12-4-3-5-15(8-12)19-2)16-9-13-6-7-14(18)10-17-13/h3-8,10-11,16,18H,9H2,1-2H3/t11-/m0/s1. The molecule has 0 aliphatic rings. The Morgan fingerprint density at radius 2 is 2.16 bits per heavy atom. The molecule has 0 spiro atoms. The molecule has 0 unspecified atom stereocenters. The van der Waals surface area contributed by atoms with Crippen molar-refractivity contribution in [3.63, 3.8) is 0 Å². The lowest BCUT2D eigenvalue weighted by Crippen LogP contribution is -2.18. The van der Waals surface area contributed by atoms with Crippen LogP contribution in [0.2, 0.25) is 0 Å². The topological polar surface area (TPSA) is 54.4 Å². The van der Waals surface area contributed by atoms with Crippen LogP contribution in [0.5, 0.6) is 11.5 Å². The van der Waals surface area contributed by atoms with Gasteiger partial charge < -0.3 is 15.2 Å². The zero-order valence-corrected chi connectivity index (χ0v) is 11.1. The smallest absolute Gasteiger partial charge is 0.133 e. The first-order valence-corrected chi connectivity index (χ1v) is 6.20. The van der Waals surface area contributed by atoms with Crippen molar-refractivity contribution in [1.82, 2.24) is 10.3 Å². The van der Waals surface area contributed by atoms with E-state index in [1.54, 1.807) is 19.2 Å². The average molecular weight is 258 g/mol. The molecule has 2 N–H and O–H groups in total. The van der Waals surface area contributed by atoms with Crippen LogP contribution >= 0.6 is 0 Å². The number of pyridine rings is 1. The molecule has 1 aromatic heterocycles. The van der Waals surface area contributed by atoms with Crippen LogP contribution in [0.15, 0.2) is 42.6 Å². The van der Waals surface area contributed by atoms with Crippen molar-refractivity contribution in [3.05, 3.63) is 53.9 Å². The number of hydrogen-bond acceptors (Lipinski definition) is 4. The summed E-state index contributed by atoms with van der Waals surface area (Å²) in [5, 5.41) is 12.6. The Kier molecular flexibility index (Phi) is 4.36. The third-order valence-electron chi connectivity index (χ3n) is 2.99. The molecule has 4 nitrogen and oxygen atoms in total. The lowest BCUT2D eigenvalue weighted by molar-refractivity contribution is 0.413. The van der Waals surface area contributed by atoms with Gasteiger partial charge in [0.25, 0.3) is 0 Å². The highest BCUT2D eigenvalue weighted by molar-refractivity contribution is 5.30.